The Morgan fingerprint density at radius 1 is 1.31 bits per heavy atom. The van der Waals surface area contributed by atoms with Gasteiger partial charge in [0.2, 0.25) is 0 Å². The Balaban J connectivity index is 1.62. The van der Waals surface area contributed by atoms with E-state index in [0.717, 1.165) is 11.7 Å². The van der Waals surface area contributed by atoms with Crippen LogP contribution in [-0.4, -0.2) is 20.2 Å². The van der Waals surface area contributed by atoms with Crippen molar-refractivity contribution in [3.8, 4) is 5.75 Å². The highest BCUT2D eigenvalue weighted by molar-refractivity contribution is 5.34. The van der Waals surface area contributed by atoms with Crippen LogP contribution in [0, 0.1) is 11.3 Å². The third-order valence-corrected chi connectivity index (χ3v) is 4.14. The molecule has 1 aromatic rings. The number of benzene rings is 1. The molecule has 86 valence electrons. The lowest BCUT2D eigenvalue weighted by Gasteiger charge is -2.54. The first kappa shape index (κ1) is 10.2. The second kappa shape index (κ2) is 3.77. The average molecular weight is 217 g/mol. The molecule has 2 nitrogen and oxygen atoms in total. The van der Waals surface area contributed by atoms with E-state index in [-0.39, 0.29) is 0 Å². The SMILES string of the molecule is COc1ccccc1CC1CC2(CNC2)C1. The molecule has 1 aliphatic heterocycles. The van der Waals surface area contributed by atoms with Crippen LogP contribution in [0.4, 0.5) is 0 Å². The maximum atomic E-state index is 5.39. The van der Waals surface area contributed by atoms with Crippen molar-refractivity contribution in [2.45, 2.75) is 19.3 Å². The molecule has 16 heavy (non-hydrogen) atoms. The molecule has 0 amide bonds. The van der Waals surface area contributed by atoms with E-state index in [1.807, 2.05) is 6.07 Å². The van der Waals surface area contributed by atoms with Gasteiger partial charge in [-0.05, 0) is 42.2 Å². The monoisotopic (exact) mass is 217 g/mol. The van der Waals surface area contributed by atoms with E-state index in [0.29, 0.717) is 5.41 Å². The van der Waals surface area contributed by atoms with Crippen LogP contribution in [0.3, 0.4) is 0 Å². The van der Waals surface area contributed by atoms with Crippen molar-refractivity contribution in [3.63, 3.8) is 0 Å². The highest BCUT2D eigenvalue weighted by atomic mass is 16.5. The van der Waals surface area contributed by atoms with Gasteiger partial charge in [-0.25, -0.2) is 0 Å². The summed E-state index contributed by atoms with van der Waals surface area (Å²) in [5, 5.41) is 3.39. The minimum Gasteiger partial charge on any atom is -0.496 e. The summed E-state index contributed by atoms with van der Waals surface area (Å²) in [7, 11) is 1.76. The number of hydrogen-bond donors (Lipinski definition) is 1. The van der Waals surface area contributed by atoms with E-state index >= 15 is 0 Å². The van der Waals surface area contributed by atoms with E-state index in [4.69, 9.17) is 4.74 Å². The number of rotatable bonds is 3. The Morgan fingerprint density at radius 2 is 2.06 bits per heavy atom. The van der Waals surface area contributed by atoms with Gasteiger partial charge in [0, 0.05) is 13.1 Å². The third-order valence-electron chi connectivity index (χ3n) is 4.14. The summed E-state index contributed by atoms with van der Waals surface area (Å²) < 4.78 is 5.39. The molecule has 0 atom stereocenters. The zero-order valence-corrected chi connectivity index (χ0v) is 9.83. The molecular formula is C14H19NO. The Labute approximate surface area is 97.0 Å². The molecule has 0 bridgehead atoms. The molecule has 1 saturated carbocycles. The Morgan fingerprint density at radius 3 is 2.69 bits per heavy atom. The predicted octanol–water partition coefficient (Wildman–Crippen LogP) is 2.24. The summed E-state index contributed by atoms with van der Waals surface area (Å²) in [5.74, 6) is 1.92. The van der Waals surface area contributed by atoms with Crippen LogP contribution in [0.5, 0.6) is 5.75 Å². The van der Waals surface area contributed by atoms with E-state index in [2.05, 4.69) is 23.5 Å². The molecule has 1 spiro atoms. The Kier molecular flexibility index (Phi) is 2.40. The average Bonchev–Trinajstić information content (AvgIpc) is 2.20. The number of methoxy groups -OCH3 is 1. The highest BCUT2D eigenvalue weighted by Gasteiger charge is 2.47. The van der Waals surface area contributed by atoms with E-state index < -0.39 is 0 Å². The molecule has 1 N–H and O–H groups in total. The number of ether oxygens (including phenoxy) is 1. The second-order valence-electron chi connectivity index (χ2n) is 5.39. The smallest absolute Gasteiger partial charge is 0.122 e. The molecule has 2 fully saturated rings. The lowest BCUT2D eigenvalue weighted by Crippen LogP contribution is -2.60. The van der Waals surface area contributed by atoms with Crippen molar-refractivity contribution >= 4 is 0 Å². The zero-order chi connectivity index (χ0) is 11.0. The normalized spacial score (nSPS) is 22.6. The van der Waals surface area contributed by atoms with Crippen molar-refractivity contribution < 1.29 is 4.74 Å². The summed E-state index contributed by atoms with van der Waals surface area (Å²) in [6, 6.07) is 8.41. The minimum absolute atomic E-state index is 0.687. The van der Waals surface area contributed by atoms with Crippen LogP contribution >= 0.6 is 0 Å². The lowest BCUT2D eigenvalue weighted by atomic mass is 9.57. The van der Waals surface area contributed by atoms with Crippen molar-refractivity contribution in [1.29, 1.82) is 0 Å². The van der Waals surface area contributed by atoms with Crippen molar-refractivity contribution in [2.24, 2.45) is 11.3 Å². The van der Waals surface area contributed by atoms with Gasteiger partial charge in [-0.3, -0.25) is 0 Å². The van der Waals surface area contributed by atoms with Crippen LogP contribution in [0.25, 0.3) is 0 Å². The predicted molar refractivity (Wildman–Crippen MR) is 64.7 cm³/mol. The number of hydrogen-bond acceptors (Lipinski definition) is 2. The lowest BCUT2D eigenvalue weighted by molar-refractivity contribution is 0.000684. The molecule has 3 rings (SSSR count). The van der Waals surface area contributed by atoms with Crippen molar-refractivity contribution in [1.82, 2.24) is 5.32 Å². The largest absolute Gasteiger partial charge is 0.496 e. The fourth-order valence-corrected chi connectivity index (χ4v) is 3.26. The first-order chi connectivity index (χ1) is 7.81. The molecule has 1 heterocycles. The summed E-state index contributed by atoms with van der Waals surface area (Å²) in [5.41, 5.74) is 2.06. The Hall–Kier alpha value is -1.02. The van der Waals surface area contributed by atoms with Crippen LogP contribution in [-0.2, 0) is 6.42 Å². The van der Waals surface area contributed by atoms with Gasteiger partial charge in [0.05, 0.1) is 7.11 Å². The summed E-state index contributed by atoms with van der Waals surface area (Å²) in [6.07, 6.45) is 3.99. The quantitative estimate of drug-likeness (QED) is 0.838. The summed E-state index contributed by atoms with van der Waals surface area (Å²) in [4.78, 5) is 0. The van der Waals surface area contributed by atoms with E-state index in [9.17, 15) is 0 Å². The molecule has 2 aliphatic rings. The minimum atomic E-state index is 0.687. The first-order valence-electron chi connectivity index (χ1n) is 6.14. The first-order valence-corrected chi connectivity index (χ1v) is 6.14. The van der Waals surface area contributed by atoms with Gasteiger partial charge >= 0.3 is 0 Å². The molecular weight excluding hydrogens is 198 g/mol. The van der Waals surface area contributed by atoms with Gasteiger partial charge in [0.15, 0.2) is 0 Å². The van der Waals surface area contributed by atoms with Crippen LogP contribution < -0.4 is 10.1 Å². The topological polar surface area (TPSA) is 21.3 Å². The maximum absolute atomic E-state index is 5.39. The molecule has 0 aromatic heterocycles. The molecule has 0 radical (unpaired) electrons. The summed E-state index contributed by atoms with van der Waals surface area (Å²) >= 11 is 0. The zero-order valence-electron chi connectivity index (χ0n) is 9.83. The van der Waals surface area contributed by atoms with Crippen LogP contribution in [0.15, 0.2) is 24.3 Å². The fraction of sp³-hybridized carbons (Fsp3) is 0.571. The van der Waals surface area contributed by atoms with Crippen LogP contribution in [0.1, 0.15) is 18.4 Å². The fourth-order valence-electron chi connectivity index (χ4n) is 3.26. The Bertz CT molecular complexity index is 376. The highest BCUT2D eigenvalue weighted by Crippen LogP contribution is 2.49. The van der Waals surface area contributed by atoms with Gasteiger partial charge < -0.3 is 10.1 Å². The summed E-state index contributed by atoms with van der Waals surface area (Å²) in [6.45, 7) is 2.49. The van der Waals surface area contributed by atoms with Crippen LogP contribution in [0.2, 0.25) is 0 Å². The van der Waals surface area contributed by atoms with E-state index in [1.54, 1.807) is 7.11 Å². The number of nitrogens with one attached hydrogen (secondary N) is 1. The third kappa shape index (κ3) is 1.61. The molecule has 1 saturated heterocycles. The molecule has 1 aliphatic carbocycles. The second-order valence-corrected chi connectivity index (χ2v) is 5.39. The van der Waals surface area contributed by atoms with Crippen molar-refractivity contribution in [2.75, 3.05) is 20.2 Å². The molecule has 2 heteroatoms. The molecule has 0 unspecified atom stereocenters. The van der Waals surface area contributed by atoms with Gasteiger partial charge in [0.25, 0.3) is 0 Å². The van der Waals surface area contributed by atoms with Gasteiger partial charge in [-0.1, -0.05) is 18.2 Å². The van der Waals surface area contributed by atoms with E-state index in [1.165, 1.54) is 37.9 Å². The molecule has 1 aromatic carbocycles. The van der Waals surface area contributed by atoms with Crippen molar-refractivity contribution in [3.05, 3.63) is 29.8 Å². The van der Waals surface area contributed by atoms with Gasteiger partial charge in [0.1, 0.15) is 5.75 Å². The maximum Gasteiger partial charge on any atom is 0.122 e. The van der Waals surface area contributed by atoms with Gasteiger partial charge in [-0.2, -0.15) is 0 Å². The number of para-hydroxylation sites is 1. The van der Waals surface area contributed by atoms with Gasteiger partial charge in [-0.15, -0.1) is 0 Å². The standard InChI is InChI=1S/C14H19NO/c1-16-13-5-3-2-4-12(13)6-11-7-14(8-11)9-15-10-14/h2-5,11,15H,6-10H2,1H3.